The first-order chi connectivity index (χ1) is 39.8. The molecule has 454 valence electrons. The Labute approximate surface area is 523 Å². The zero-order chi connectivity index (χ0) is 61.8. The van der Waals surface area contributed by atoms with Crippen LogP contribution in [0, 0.1) is 21.7 Å². The highest BCUT2D eigenvalue weighted by Crippen LogP contribution is 2.37. The predicted molar refractivity (Wildman–Crippen MR) is 361 cm³/mol. The lowest BCUT2D eigenvalue weighted by molar-refractivity contribution is 0.00578. The number of hydrogen-bond donors (Lipinski definition) is 0. The molecule has 9 heterocycles. The highest BCUT2D eigenvalue weighted by atomic mass is 79.9. The van der Waals surface area contributed by atoms with Gasteiger partial charge in [-0.3, -0.25) is 37.4 Å². The van der Waals surface area contributed by atoms with Gasteiger partial charge in [0.05, 0.1) is 54.8 Å². The van der Waals surface area contributed by atoms with Gasteiger partial charge in [0.25, 0.3) is 22.2 Å². The number of aryl methyl sites for hydroxylation is 2. The lowest BCUT2D eigenvalue weighted by Crippen LogP contribution is -2.41. The molecule has 13 rings (SSSR count). The van der Waals surface area contributed by atoms with Crippen LogP contribution in [0.1, 0.15) is 151 Å². The van der Waals surface area contributed by atoms with Gasteiger partial charge in [0.2, 0.25) is 0 Å². The largest absolute Gasteiger partial charge is 0.486 e. The van der Waals surface area contributed by atoms with Gasteiger partial charge >= 0.3 is 7.12 Å². The Kier molecular flexibility index (Phi) is 19.1. The Balaban J connectivity index is 0.000000141. The molecule has 0 N–H and O–H groups in total. The van der Waals surface area contributed by atoms with Gasteiger partial charge in [-0.15, -0.1) is 6.58 Å². The van der Waals surface area contributed by atoms with E-state index in [9.17, 15) is 19.2 Å². The maximum absolute atomic E-state index is 12.6. The first kappa shape index (κ1) is 65.6. The third-order valence-corrected chi connectivity index (χ3v) is 18.6. The van der Waals surface area contributed by atoms with Crippen LogP contribution in [0.15, 0.2) is 127 Å². The van der Waals surface area contributed by atoms with E-state index in [1.54, 1.807) is 18.1 Å². The lowest BCUT2D eigenvalue weighted by atomic mass is 9.83. The van der Waals surface area contributed by atoms with Crippen molar-refractivity contribution >= 4 is 94.7 Å². The van der Waals surface area contributed by atoms with Gasteiger partial charge in [-0.25, -0.2) is 19.9 Å². The molecule has 5 aliphatic heterocycles. The smallest absolute Gasteiger partial charge is 0.400 e. The molecule has 8 aromatic rings. The van der Waals surface area contributed by atoms with E-state index in [1.807, 2.05) is 119 Å². The molecule has 4 aromatic heterocycles. The van der Waals surface area contributed by atoms with E-state index in [4.69, 9.17) is 14.3 Å². The monoisotopic (exact) mass is 1290 g/mol. The maximum Gasteiger partial charge on any atom is 0.486 e. The van der Waals surface area contributed by atoms with Crippen LogP contribution < -0.4 is 22.2 Å². The highest BCUT2D eigenvalue weighted by Gasteiger charge is 2.49. The Morgan fingerprint density at radius 3 is 1.12 bits per heavy atom. The van der Waals surface area contributed by atoms with Crippen LogP contribution in [-0.4, -0.2) is 56.5 Å². The van der Waals surface area contributed by atoms with Crippen molar-refractivity contribution in [3.05, 3.63) is 183 Å². The van der Waals surface area contributed by atoms with Crippen molar-refractivity contribution in [2.75, 3.05) is 0 Å². The van der Waals surface area contributed by atoms with Crippen LogP contribution in [0.3, 0.4) is 0 Å². The molecule has 0 saturated carbocycles. The Morgan fingerprint density at radius 1 is 0.453 bits per heavy atom. The molecule has 1 fully saturated rings. The summed E-state index contributed by atoms with van der Waals surface area (Å²) in [4.78, 5) is 68.6. The molecule has 0 aliphatic carbocycles. The van der Waals surface area contributed by atoms with E-state index >= 15 is 0 Å². The van der Waals surface area contributed by atoms with E-state index in [2.05, 4.69) is 122 Å². The van der Waals surface area contributed by atoms with Crippen LogP contribution >= 0.6 is 31.9 Å². The van der Waals surface area contributed by atoms with E-state index in [0.29, 0.717) is 21.5 Å². The van der Waals surface area contributed by atoms with E-state index in [-0.39, 0.29) is 69.6 Å². The van der Waals surface area contributed by atoms with Crippen molar-refractivity contribution in [2.45, 2.75) is 179 Å². The Hall–Kier alpha value is -6.40. The standard InChI is InChI=1S/2C16H18N2O.2C14H15BrN2O.C8H15BO2.CH4/c1-4-11-5-6-12-13(9-11)17-14-10-16(2,3)7-8-18(14)15(12)19;1-4-11-5-6-12-13(9-11)17-14-7-8-16(2,3)10-18(14)15(12)19;1-14(2)5-6-17-12(8-14)16-11-7-9(15)3-4-10(11)13(17)18;1-14(2)6-5-12-16-11-7-9(15)3-4-10(11)13(18)17(12)8-14;1-6-9-10-7(2,3)8(4,5)11-9;/h2*4-6,9H,1,7-8,10H2,2-3H3;2*3-4,7H,5-6,8H2,1-2H3;6H,1H2,2-5H3;1H4. The van der Waals surface area contributed by atoms with Crippen molar-refractivity contribution in [3.8, 4) is 0 Å². The van der Waals surface area contributed by atoms with Crippen molar-refractivity contribution in [1.82, 2.24) is 38.2 Å². The van der Waals surface area contributed by atoms with Gasteiger partial charge in [0, 0.05) is 60.8 Å². The van der Waals surface area contributed by atoms with E-state index in [0.717, 1.165) is 143 Å². The zero-order valence-electron chi connectivity index (χ0n) is 51.6. The summed E-state index contributed by atoms with van der Waals surface area (Å²) in [5.74, 6) is 5.34. The minimum absolute atomic E-state index is 0. The average molecular weight is 1290 g/mol. The van der Waals surface area contributed by atoms with E-state index < -0.39 is 0 Å². The summed E-state index contributed by atoms with van der Waals surface area (Å²) in [5.41, 5.74) is 5.87. The fourth-order valence-electron chi connectivity index (χ4n) is 11.5. The molecular formula is C69H85BBr2N8O6. The number of nitrogens with zero attached hydrogens (tertiary/aromatic N) is 8. The molecule has 0 unspecified atom stereocenters. The molecule has 0 spiro atoms. The molecule has 0 radical (unpaired) electrons. The number of fused-ring (bicyclic) bond motifs is 8. The molecule has 14 nitrogen and oxygen atoms in total. The SMILES string of the molecule is C.C=CB1OC(C)(C)C(C)(C)O1.C=Cc1ccc2c(=O)n3c(nc2c1)CC(C)(C)CC3.C=Cc1ccc2c(=O)n3c(nc2c1)CCC(C)(C)C3.CC1(C)CCc2nc3cc(Br)ccc3c(=O)n2C1.CC1(C)CCn2c(nc3cc(Br)ccc3c2=O)C1. The molecule has 4 aromatic carbocycles. The number of benzene rings is 4. The second-order valence-electron chi connectivity index (χ2n) is 27.5. The normalized spacial score (nSPS) is 18.5. The molecule has 17 heteroatoms. The maximum atomic E-state index is 12.6. The Morgan fingerprint density at radius 2 is 0.779 bits per heavy atom. The summed E-state index contributed by atoms with van der Waals surface area (Å²) in [7, 11) is -0.250. The van der Waals surface area contributed by atoms with Crippen molar-refractivity contribution in [3.63, 3.8) is 0 Å². The summed E-state index contributed by atoms with van der Waals surface area (Å²) < 4.78 is 20.4. The quantitative estimate of drug-likeness (QED) is 0.156. The van der Waals surface area contributed by atoms with Gasteiger partial charge in [-0.2, -0.15) is 0 Å². The molecule has 5 aliphatic rings. The summed E-state index contributed by atoms with van der Waals surface area (Å²) >= 11 is 6.85. The molecule has 0 atom stereocenters. The zero-order valence-corrected chi connectivity index (χ0v) is 54.8. The summed E-state index contributed by atoms with van der Waals surface area (Å²) in [6, 6.07) is 22.7. The highest BCUT2D eigenvalue weighted by molar-refractivity contribution is 9.10. The van der Waals surface area contributed by atoms with Crippen LogP contribution in [0.5, 0.6) is 0 Å². The second kappa shape index (κ2) is 25.0. The van der Waals surface area contributed by atoms with E-state index in [1.165, 1.54) is 0 Å². The molecule has 0 amide bonds. The van der Waals surface area contributed by atoms with Gasteiger partial charge in [0.15, 0.2) is 0 Å². The molecule has 0 bridgehead atoms. The number of rotatable bonds is 3. The number of halogens is 2. The van der Waals surface area contributed by atoms with Gasteiger partial charge in [0.1, 0.15) is 23.3 Å². The Bertz CT molecular complexity index is 4190. The van der Waals surface area contributed by atoms with Crippen LogP contribution in [-0.2, 0) is 61.2 Å². The number of aromatic nitrogens is 8. The number of hydrogen-bond acceptors (Lipinski definition) is 10. The topological polar surface area (TPSA) is 158 Å². The molecule has 1 saturated heterocycles. The minimum Gasteiger partial charge on any atom is -0.400 e. The molecular weight excluding hydrogens is 1210 g/mol. The van der Waals surface area contributed by atoms with Crippen molar-refractivity contribution in [2.24, 2.45) is 21.7 Å². The first-order valence-corrected chi connectivity index (χ1v) is 31.1. The van der Waals surface area contributed by atoms with Gasteiger partial charge in [-0.1, -0.05) is 138 Å². The lowest BCUT2D eigenvalue weighted by Gasteiger charge is -2.32. The fraction of sp³-hybridized carbons (Fsp3) is 0.449. The fourth-order valence-corrected chi connectivity index (χ4v) is 12.2. The summed E-state index contributed by atoms with van der Waals surface area (Å²) in [5, 5.41) is 2.82. The van der Waals surface area contributed by atoms with Gasteiger partial charge < -0.3 is 9.31 Å². The van der Waals surface area contributed by atoms with Crippen LogP contribution in [0.4, 0.5) is 0 Å². The first-order valence-electron chi connectivity index (χ1n) is 29.5. The summed E-state index contributed by atoms with van der Waals surface area (Å²) in [6.45, 7) is 40.0. The third-order valence-electron chi connectivity index (χ3n) is 17.6. The predicted octanol–water partition coefficient (Wildman–Crippen LogP) is 14.7. The minimum atomic E-state index is -0.250. The van der Waals surface area contributed by atoms with Crippen molar-refractivity contribution < 1.29 is 9.31 Å². The summed E-state index contributed by atoms with van der Waals surface area (Å²) in [6.07, 6.45) is 11.2. The van der Waals surface area contributed by atoms with Crippen molar-refractivity contribution in [1.29, 1.82) is 0 Å². The average Bonchev–Trinajstić information content (AvgIpc) is 1.58. The second-order valence-corrected chi connectivity index (χ2v) is 29.3. The van der Waals surface area contributed by atoms with Gasteiger partial charge in [-0.05, 0) is 147 Å². The molecule has 86 heavy (non-hydrogen) atoms. The third kappa shape index (κ3) is 14.3. The van der Waals surface area contributed by atoms with Crippen LogP contribution in [0.2, 0.25) is 0 Å². The van der Waals surface area contributed by atoms with Crippen LogP contribution in [0.25, 0.3) is 55.8 Å².